The van der Waals surface area contributed by atoms with E-state index in [1.807, 2.05) is 43.3 Å². The molecule has 0 saturated carbocycles. The normalized spacial score (nSPS) is 10.5. The minimum atomic E-state index is -1.66. The molecule has 6 nitrogen and oxygen atoms in total. The number of hydrogen-bond acceptors (Lipinski definition) is 5. The molecule has 9 heteroatoms. The number of amides is 1. The van der Waals surface area contributed by atoms with Crippen LogP contribution in [0.15, 0.2) is 48.8 Å². The highest BCUT2D eigenvalue weighted by Crippen LogP contribution is 2.21. The molecule has 0 aliphatic carbocycles. The Morgan fingerprint density at radius 3 is 2.36 bits per heavy atom. The maximum atomic E-state index is 13.7. The van der Waals surface area contributed by atoms with Crippen molar-refractivity contribution in [2.24, 2.45) is 0 Å². The average molecular weight is 387 g/mol. The summed E-state index contributed by atoms with van der Waals surface area (Å²) < 4.78 is 40.0. The van der Waals surface area contributed by atoms with Gasteiger partial charge in [-0.1, -0.05) is 0 Å². The molecule has 3 rings (SSSR count). The minimum Gasteiger partial charge on any atom is -0.378 e. The van der Waals surface area contributed by atoms with Gasteiger partial charge in [0.15, 0.2) is 17.5 Å². The Morgan fingerprint density at radius 2 is 1.68 bits per heavy atom. The lowest BCUT2D eigenvalue weighted by molar-refractivity contribution is 0.102. The summed E-state index contributed by atoms with van der Waals surface area (Å²) in [5.74, 6) is -4.95. The van der Waals surface area contributed by atoms with E-state index in [9.17, 15) is 18.0 Å². The Kier molecular flexibility index (Phi) is 5.44. The Morgan fingerprint density at radius 1 is 0.964 bits per heavy atom. The Hall–Kier alpha value is -3.62. The Bertz CT molecular complexity index is 1010. The molecule has 0 saturated heterocycles. The number of halogens is 3. The first-order valence-electron chi connectivity index (χ1n) is 8.16. The number of carbonyl (C=O) groups is 1. The van der Waals surface area contributed by atoms with Crippen molar-refractivity contribution < 1.29 is 18.0 Å². The second kappa shape index (κ2) is 7.95. The molecule has 28 heavy (non-hydrogen) atoms. The summed E-state index contributed by atoms with van der Waals surface area (Å²) >= 11 is 0. The largest absolute Gasteiger partial charge is 0.378 e. The van der Waals surface area contributed by atoms with Crippen molar-refractivity contribution in [3.8, 4) is 0 Å². The van der Waals surface area contributed by atoms with Crippen molar-refractivity contribution in [3.05, 3.63) is 71.9 Å². The van der Waals surface area contributed by atoms with Crippen LogP contribution in [0.5, 0.6) is 0 Å². The monoisotopic (exact) mass is 387 g/mol. The summed E-state index contributed by atoms with van der Waals surface area (Å²) in [5.41, 5.74) is 1.19. The lowest BCUT2D eigenvalue weighted by Gasteiger charge is -2.13. The van der Waals surface area contributed by atoms with Crippen molar-refractivity contribution in [3.63, 3.8) is 0 Å². The van der Waals surface area contributed by atoms with E-state index in [0.717, 1.165) is 29.8 Å². The van der Waals surface area contributed by atoms with Crippen LogP contribution in [0.4, 0.5) is 36.1 Å². The second-order valence-electron chi connectivity index (χ2n) is 6.03. The highest BCUT2D eigenvalue weighted by atomic mass is 19.2. The second-order valence-corrected chi connectivity index (χ2v) is 6.03. The first kappa shape index (κ1) is 19.2. The van der Waals surface area contributed by atoms with E-state index >= 15 is 0 Å². The van der Waals surface area contributed by atoms with Crippen LogP contribution in [0.2, 0.25) is 0 Å². The van der Waals surface area contributed by atoms with Gasteiger partial charge >= 0.3 is 0 Å². The zero-order chi connectivity index (χ0) is 20.3. The van der Waals surface area contributed by atoms with Crippen LogP contribution in [0, 0.1) is 17.5 Å². The summed E-state index contributed by atoms with van der Waals surface area (Å²) in [6, 6.07) is 10.5. The van der Waals surface area contributed by atoms with Crippen molar-refractivity contribution >= 4 is 28.8 Å². The molecule has 2 N–H and O–H groups in total. The van der Waals surface area contributed by atoms with Crippen molar-refractivity contribution in [2.75, 3.05) is 29.6 Å². The van der Waals surface area contributed by atoms with Crippen LogP contribution in [0.3, 0.4) is 0 Å². The van der Waals surface area contributed by atoms with Crippen LogP contribution in [-0.4, -0.2) is 30.0 Å². The van der Waals surface area contributed by atoms with Gasteiger partial charge in [-0.25, -0.2) is 23.1 Å². The minimum absolute atomic E-state index is 0.0773. The fraction of sp³-hybridized carbons (Fsp3) is 0.105. The Labute approximate surface area is 159 Å². The van der Waals surface area contributed by atoms with E-state index in [1.54, 1.807) is 0 Å². The number of nitrogens with zero attached hydrogens (tertiary/aromatic N) is 3. The van der Waals surface area contributed by atoms with Crippen LogP contribution in [0.25, 0.3) is 0 Å². The Balaban J connectivity index is 1.75. The zero-order valence-corrected chi connectivity index (χ0v) is 15.0. The van der Waals surface area contributed by atoms with Gasteiger partial charge in [-0.15, -0.1) is 0 Å². The van der Waals surface area contributed by atoms with Crippen molar-refractivity contribution in [1.29, 1.82) is 0 Å². The van der Waals surface area contributed by atoms with E-state index < -0.39 is 29.0 Å². The predicted octanol–water partition coefficient (Wildman–Crippen LogP) is 3.96. The molecule has 0 bridgehead atoms. The quantitative estimate of drug-likeness (QED) is 0.649. The SMILES string of the molecule is CN(C)c1ccc(Nc2cc(C(=O)Nc3ccc(F)c(F)c3F)ncn2)cc1. The average Bonchev–Trinajstić information content (AvgIpc) is 2.69. The van der Waals surface area contributed by atoms with Crippen LogP contribution >= 0.6 is 0 Å². The molecule has 0 radical (unpaired) electrons. The third-order valence-corrected chi connectivity index (χ3v) is 3.84. The predicted molar refractivity (Wildman–Crippen MR) is 100 cm³/mol. The van der Waals surface area contributed by atoms with E-state index in [0.29, 0.717) is 5.82 Å². The van der Waals surface area contributed by atoms with Gasteiger partial charge in [0, 0.05) is 31.5 Å². The third kappa shape index (κ3) is 4.20. The van der Waals surface area contributed by atoms with Crippen molar-refractivity contribution in [1.82, 2.24) is 9.97 Å². The summed E-state index contributed by atoms with van der Waals surface area (Å²) in [6.07, 6.45) is 1.16. The van der Waals surface area contributed by atoms with E-state index in [4.69, 9.17) is 0 Å². The van der Waals surface area contributed by atoms with Gasteiger partial charge in [-0.2, -0.15) is 0 Å². The summed E-state index contributed by atoms with van der Waals surface area (Å²) in [7, 11) is 3.85. The molecule has 1 aromatic heterocycles. The smallest absolute Gasteiger partial charge is 0.274 e. The fourth-order valence-electron chi connectivity index (χ4n) is 2.35. The summed E-state index contributed by atoms with van der Waals surface area (Å²) in [5, 5.41) is 5.19. The summed E-state index contributed by atoms with van der Waals surface area (Å²) in [4.78, 5) is 22.1. The molecular formula is C19H16F3N5O. The first-order chi connectivity index (χ1) is 13.3. The highest BCUT2D eigenvalue weighted by Gasteiger charge is 2.17. The molecule has 3 aromatic rings. The van der Waals surface area contributed by atoms with E-state index in [-0.39, 0.29) is 5.69 Å². The van der Waals surface area contributed by atoms with Gasteiger partial charge in [-0.05, 0) is 36.4 Å². The first-order valence-corrected chi connectivity index (χ1v) is 8.16. The molecule has 0 aliphatic rings. The lowest BCUT2D eigenvalue weighted by atomic mass is 10.2. The van der Waals surface area contributed by atoms with Gasteiger partial charge in [-0.3, -0.25) is 4.79 Å². The van der Waals surface area contributed by atoms with Crippen LogP contribution in [0.1, 0.15) is 10.5 Å². The van der Waals surface area contributed by atoms with Gasteiger partial charge in [0.05, 0.1) is 5.69 Å². The van der Waals surface area contributed by atoms with E-state index in [2.05, 4.69) is 20.6 Å². The lowest BCUT2D eigenvalue weighted by Crippen LogP contribution is -2.16. The number of nitrogens with one attached hydrogen (secondary N) is 2. The molecule has 144 valence electrons. The molecule has 0 atom stereocenters. The van der Waals surface area contributed by atoms with Crippen LogP contribution < -0.4 is 15.5 Å². The molecule has 1 amide bonds. The number of aromatic nitrogens is 2. The standard InChI is InChI=1S/C19H16F3N5O/c1-27(2)12-5-3-11(4-6-12)25-16-9-15(23-10-24-16)19(28)26-14-8-7-13(20)17(21)18(14)22/h3-10H,1-2H3,(H,26,28)(H,23,24,25). The molecule has 0 unspecified atom stereocenters. The molecule has 2 aromatic carbocycles. The van der Waals surface area contributed by atoms with Gasteiger partial charge in [0.2, 0.25) is 0 Å². The number of benzene rings is 2. The molecule has 0 aliphatic heterocycles. The topological polar surface area (TPSA) is 70.2 Å². The van der Waals surface area contributed by atoms with Gasteiger partial charge < -0.3 is 15.5 Å². The number of hydrogen-bond donors (Lipinski definition) is 2. The van der Waals surface area contributed by atoms with Gasteiger partial charge in [0.25, 0.3) is 5.91 Å². The molecule has 0 fully saturated rings. The van der Waals surface area contributed by atoms with E-state index in [1.165, 1.54) is 6.07 Å². The maximum Gasteiger partial charge on any atom is 0.274 e. The molecule has 0 spiro atoms. The fourth-order valence-corrected chi connectivity index (χ4v) is 2.35. The molecular weight excluding hydrogens is 371 g/mol. The number of anilines is 4. The highest BCUT2D eigenvalue weighted by molar-refractivity contribution is 6.03. The van der Waals surface area contributed by atoms with Gasteiger partial charge in [0.1, 0.15) is 17.8 Å². The maximum absolute atomic E-state index is 13.7. The number of rotatable bonds is 5. The third-order valence-electron chi connectivity index (χ3n) is 3.84. The van der Waals surface area contributed by atoms with Crippen molar-refractivity contribution in [2.45, 2.75) is 0 Å². The number of carbonyl (C=O) groups excluding carboxylic acids is 1. The molecule has 1 heterocycles. The zero-order valence-electron chi connectivity index (χ0n) is 15.0. The summed E-state index contributed by atoms with van der Waals surface area (Å²) in [6.45, 7) is 0. The van der Waals surface area contributed by atoms with Crippen LogP contribution in [-0.2, 0) is 0 Å².